The van der Waals surface area contributed by atoms with Crippen molar-refractivity contribution < 1.29 is 60.4 Å². The summed E-state index contributed by atoms with van der Waals surface area (Å²) in [5.41, 5.74) is -1.00. The smallest absolute Gasteiger partial charge is 0.744 e. The molecular weight excluding hydrogens is 451 g/mol. The summed E-state index contributed by atoms with van der Waals surface area (Å²) >= 11 is 11.7. The summed E-state index contributed by atoms with van der Waals surface area (Å²) in [5.74, 6) is 0.0632. The molecule has 142 valence electrons. The monoisotopic (exact) mass is 458 g/mol. The predicted octanol–water partition coefficient (Wildman–Crippen LogP) is 2.87. The average molecular weight is 459 g/mol. The topological polar surface area (TPSA) is 66.4 Å². The van der Waals surface area contributed by atoms with Gasteiger partial charge in [0.25, 0.3) is 0 Å². The number of hydrogen-bond donors (Lipinski definition) is 0. The normalized spacial score (nSPS) is 11.9. The predicted molar refractivity (Wildman–Crippen MR) is 93.4 cm³/mol. The number of benzene rings is 3. The Kier molecular flexibility index (Phi) is 6.98. The summed E-state index contributed by atoms with van der Waals surface area (Å²) in [4.78, 5) is -0.377. The molecule has 0 aliphatic carbocycles. The number of rotatable bonds is 3. The van der Waals surface area contributed by atoms with Crippen molar-refractivity contribution in [2.75, 3.05) is 0 Å². The Morgan fingerprint density at radius 3 is 1.96 bits per heavy atom. The van der Waals surface area contributed by atoms with Crippen molar-refractivity contribution >= 4 is 44.1 Å². The quantitative estimate of drug-likeness (QED) is 0.447. The summed E-state index contributed by atoms with van der Waals surface area (Å²) in [5, 5.41) is 0.369. The van der Waals surface area contributed by atoms with Crippen LogP contribution < -0.4 is 34.3 Å². The van der Waals surface area contributed by atoms with Gasteiger partial charge in [0.05, 0.1) is 20.5 Å². The Labute approximate surface area is 190 Å². The van der Waals surface area contributed by atoms with Gasteiger partial charge < -0.3 is 9.29 Å². The van der Waals surface area contributed by atoms with Crippen molar-refractivity contribution in [2.24, 2.45) is 0 Å². The number of alkyl halides is 3. The summed E-state index contributed by atoms with van der Waals surface area (Å²) in [6, 6.07) is 9.60. The zero-order chi connectivity index (χ0) is 20.0. The van der Waals surface area contributed by atoms with Gasteiger partial charge in [0.1, 0.15) is 15.9 Å². The molecule has 0 saturated carbocycles. The van der Waals surface area contributed by atoms with Crippen LogP contribution in [-0.4, -0.2) is 13.0 Å². The zero-order valence-electron chi connectivity index (χ0n) is 14.0. The molecule has 0 aliphatic rings. The Morgan fingerprint density at radius 1 is 0.893 bits per heavy atom. The maximum absolute atomic E-state index is 12.8. The molecule has 0 heterocycles. The Hall–Kier alpha value is -1.000. The van der Waals surface area contributed by atoms with Gasteiger partial charge in [-0.05, 0) is 47.2 Å². The minimum atomic E-state index is -4.60. The van der Waals surface area contributed by atoms with E-state index in [9.17, 15) is 26.1 Å². The van der Waals surface area contributed by atoms with Crippen LogP contribution in [0.3, 0.4) is 0 Å². The van der Waals surface area contributed by atoms with Crippen molar-refractivity contribution in [2.45, 2.75) is 11.1 Å². The molecule has 0 radical (unpaired) electrons. The van der Waals surface area contributed by atoms with Crippen LogP contribution >= 0.6 is 23.2 Å². The molecule has 0 amide bonds. The second kappa shape index (κ2) is 8.39. The number of fused-ring (bicyclic) bond motifs is 1. The van der Waals surface area contributed by atoms with E-state index in [4.69, 9.17) is 27.9 Å². The average Bonchev–Trinajstić information content (AvgIpc) is 2.55. The van der Waals surface area contributed by atoms with Gasteiger partial charge in [0.15, 0.2) is 5.75 Å². The van der Waals surface area contributed by atoms with E-state index >= 15 is 0 Å². The fourth-order valence-electron chi connectivity index (χ4n) is 2.36. The molecule has 28 heavy (non-hydrogen) atoms. The zero-order valence-corrected chi connectivity index (χ0v) is 18.4. The minimum absolute atomic E-state index is 0. The Bertz CT molecular complexity index is 1130. The van der Waals surface area contributed by atoms with Crippen LogP contribution in [0.4, 0.5) is 13.2 Å². The maximum Gasteiger partial charge on any atom is 1.00 e. The van der Waals surface area contributed by atoms with Crippen molar-refractivity contribution in [1.82, 2.24) is 0 Å². The third-order valence-corrected chi connectivity index (χ3v) is 5.01. The van der Waals surface area contributed by atoms with Gasteiger partial charge >= 0.3 is 35.7 Å². The van der Waals surface area contributed by atoms with E-state index in [1.165, 1.54) is 30.3 Å². The molecule has 0 saturated heterocycles. The van der Waals surface area contributed by atoms with E-state index in [0.717, 1.165) is 6.07 Å². The molecule has 0 aromatic heterocycles. The molecule has 0 aliphatic heterocycles. The second-order valence-corrected chi connectivity index (χ2v) is 7.69. The molecule has 3 aromatic carbocycles. The van der Waals surface area contributed by atoms with Crippen molar-refractivity contribution in [3.8, 4) is 11.5 Å². The molecule has 0 unspecified atom stereocenters. The first-order valence-corrected chi connectivity index (χ1v) is 9.35. The van der Waals surface area contributed by atoms with E-state index in [2.05, 4.69) is 0 Å². The molecule has 0 spiro atoms. The largest absolute Gasteiger partial charge is 1.00 e. The number of hydrogen-bond acceptors (Lipinski definition) is 4. The molecule has 3 aromatic rings. The summed E-state index contributed by atoms with van der Waals surface area (Å²) < 4.78 is 77.0. The molecule has 0 N–H and O–H groups in total. The van der Waals surface area contributed by atoms with Gasteiger partial charge in [-0.15, -0.1) is 0 Å². The summed E-state index contributed by atoms with van der Waals surface area (Å²) in [7, 11) is -4.59. The first-order valence-electron chi connectivity index (χ1n) is 7.19. The first-order chi connectivity index (χ1) is 12.4. The molecule has 0 fully saturated rings. The molecule has 3 rings (SSSR count). The molecule has 0 bridgehead atoms. The SMILES string of the molecule is O=S(=O)([O-])c1ccc2cc(Oc3c(Cl)cc(C(F)(F)F)cc3Cl)ccc2c1.[Na+]. The Morgan fingerprint density at radius 2 is 1.43 bits per heavy atom. The van der Waals surface area contributed by atoms with Crippen LogP contribution in [0.2, 0.25) is 10.0 Å². The standard InChI is InChI=1S/C17H9Cl2F3O4S.Na/c18-14-7-11(17(20,21)22)8-15(19)16(14)26-12-3-1-10-6-13(27(23,24)25)4-2-9(10)5-12;/h1-8H,(H,23,24,25);/q;+1/p-1. The number of ether oxygens (including phenoxy) is 1. The van der Waals surface area contributed by atoms with Gasteiger partial charge in [-0.1, -0.05) is 35.3 Å². The van der Waals surface area contributed by atoms with Crippen LogP contribution in [0.15, 0.2) is 53.4 Å². The Balaban J connectivity index is 0.00000280. The van der Waals surface area contributed by atoms with Crippen LogP contribution in [0.5, 0.6) is 11.5 Å². The van der Waals surface area contributed by atoms with Gasteiger partial charge in [-0.2, -0.15) is 13.2 Å². The van der Waals surface area contributed by atoms with E-state index in [1.54, 1.807) is 0 Å². The summed E-state index contributed by atoms with van der Waals surface area (Å²) in [6.45, 7) is 0. The molecule has 11 heteroatoms. The molecule has 4 nitrogen and oxygen atoms in total. The van der Waals surface area contributed by atoms with Crippen molar-refractivity contribution in [3.63, 3.8) is 0 Å². The van der Waals surface area contributed by atoms with Gasteiger partial charge in [0.2, 0.25) is 0 Å². The van der Waals surface area contributed by atoms with Crippen molar-refractivity contribution in [1.29, 1.82) is 0 Å². The van der Waals surface area contributed by atoms with E-state index in [1.807, 2.05) is 0 Å². The van der Waals surface area contributed by atoms with Gasteiger partial charge in [0, 0.05) is 0 Å². The van der Waals surface area contributed by atoms with Crippen LogP contribution in [0, 0.1) is 0 Å². The number of halogens is 5. The van der Waals surface area contributed by atoms with Crippen molar-refractivity contribution in [3.05, 3.63) is 64.1 Å². The minimum Gasteiger partial charge on any atom is -0.744 e. The van der Waals surface area contributed by atoms with E-state index < -0.39 is 21.9 Å². The van der Waals surface area contributed by atoms with Gasteiger partial charge in [-0.3, -0.25) is 0 Å². The van der Waals surface area contributed by atoms with Crippen LogP contribution in [-0.2, 0) is 16.3 Å². The second-order valence-electron chi connectivity index (χ2n) is 5.49. The third kappa shape index (κ3) is 5.13. The fraction of sp³-hybridized carbons (Fsp3) is 0.0588. The fourth-order valence-corrected chi connectivity index (χ4v) is 3.43. The van der Waals surface area contributed by atoms with E-state index in [0.29, 0.717) is 22.9 Å². The van der Waals surface area contributed by atoms with Gasteiger partial charge in [-0.25, -0.2) is 8.42 Å². The molecular formula is C17H8Cl2F3NaO4S. The van der Waals surface area contributed by atoms with Crippen LogP contribution in [0.25, 0.3) is 10.8 Å². The molecule has 0 atom stereocenters. The third-order valence-electron chi connectivity index (χ3n) is 3.62. The first kappa shape index (κ1) is 23.3. The summed E-state index contributed by atoms with van der Waals surface area (Å²) in [6.07, 6.45) is -4.60. The maximum atomic E-state index is 12.8. The van der Waals surface area contributed by atoms with E-state index in [-0.39, 0.29) is 56.0 Å². The van der Waals surface area contributed by atoms with Crippen LogP contribution in [0.1, 0.15) is 5.56 Å².